The van der Waals surface area contributed by atoms with Gasteiger partial charge in [0.05, 0.1) is 14.2 Å². The van der Waals surface area contributed by atoms with Crippen LogP contribution < -0.4 is 19.1 Å². The smallest absolute Gasteiger partial charge is 0.271 e. The van der Waals surface area contributed by atoms with Crippen LogP contribution >= 0.6 is 11.6 Å². The molecule has 6 heteroatoms. The maximum absolute atomic E-state index is 13.2. The fraction of sp³-hybridized carbons (Fsp3) is 0.240. The number of hydrogen-bond acceptors (Lipinski definition) is 4. The topological polar surface area (TPSA) is 48.0 Å². The number of rotatable bonds is 6. The molecule has 4 rings (SSSR count). The second-order valence-corrected chi connectivity index (χ2v) is 7.91. The van der Waals surface area contributed by atoms with Crippen LogP contribution in [-0.4, -0.2) is 26.2 Å². The van der Waals surface area contributed by atoms with Gasteiger partial charge in [0.15, 0.2) is 11.5 Å². The van der Waals surface area contributed by atoms with E-state index in [2.05, 4.69) is 0 Å². The summed E-state index contributed by atoms with van der Waals surface area (Å²) in [4.78, 5) is 15.0. The third kappa shape index (κ3) is 3.81. The summed E-state index contributed by atoms with van der Waals surface area (Å²) in [5, 5.41) is 0.611. The number of carbonyl (C=O) groups is 1. The van der Waals surface area contributed by atoms with Gasteiger partial charge in [-0.05, 0) is 60.9 Å². The van der Waals surface area contributed by atoms with Crippen LogP contribution in [0.25, 0.3) is 0 Å². The second-order valence-electron chi connectivity index (χ2n) is 7.50. The molecule has 1 aliphatic rings. The largest absolute Gasteiger partial charge is 0.493 e. The summed E-state index contributed by atoms with van der Waals surface area (Å²) in [7, 11) is 3.18. The van der Waals surface area contributed by atoms with Crippen molar-refractivity contribution in [3.8, 4) is 17.2 Å². The zero-order valence-electron chi connectivity index (χ0n) is 17.9. The molecule has 0 bridgehead atoms. The summed E-state index contributed by atoms with van der Waals surface area (Å²) < 4.78 is 17.0. The summed E-state index contributed by atoms with van der Waals surface area (Å²) in [6.45, 7) is 3.89. The SMILES string of the molecule is COc1ccc([C@H]2[C@@H](Oc3ccccc3C)C(=O)N2c2ccc(C)c(Cl)c2)cc1OC. The zero-order chi connectivity index (χ0) is 22.1. The molecule has 1 aliphatic heterocycles. The highest BCUT2D eigenvalue weighted by atomic mass is 35.5. The lowest BCUT2D eigenvalue weighted by Gasteiger charge is -2.47. The van der Waals surface area contributed by atoms with E-state index in [-0.39, 0.29) is 11.9 Å². The van der Waals surface area contributed by atoms with Crippen molar-refractivity contribution in [2.24, 2.45) is 0 Å². The van der Waals surface area contributed by atoms with Gasteiger partial charge in [-0.15, -0.1) is 0 Å². The first-order chi connectivity index (χ1) is 14.9. The molecule has 31 heavy (non-hydrogen) atoms. The van der Waals surface area contributed by atoms with Crippen LogP contribution in [0.3, 0.4) is 0 Å². The van der Waals surface area contributed by atoms with Gasteiger partial charge in [-0.1, -0.05) is 41.9 Å². The highest BCUT2D eigenvalue weighted by molar-refractivity contribution is 6.31. The molecule has 160 valence electrons. The molecule has 1 fully saturated rings. The van der Waals surface area contributed by atoms with Gasteiger partial charge in [0.2, 0.25) is 6.10 Å². The van der Waals surface area contributed by atoms with Gasteiger partial charge in [0, 0.05) is 10.7 Å². The Balaban J connectivity index is 1.76. The number of halogens is 1. The summed E-state index contributed by atoms with van der Waals surface area (Å²) in [5.41, 5.74) is 3.53. The highest BCUT2D eigenvalue weighted by Gasteiger charge is 2.51. The van der Waals surface area contributed by atoms with E-state index in [1.165, 1.54) is 0 Å². The van der Waals surface area contributed by atoms with Crippen LogP contribution in [0, 0.1) is 13.8 Å². The van der Waals surface area contributed by atoms with E-state index in [9.17, 15) is 4.79 Å². The van der Waals surface area contributed by atoms with Crippen LogP contribution in [0.2, 0.25) is 5.02 Å². The molecule has 1 saturated heterocycles. The molecule has 0 radical (unpaired) electrons. The molecule has 0 N–H and O–H groups in total. The van der Waals surface area contributed by atoms with Crippen molar-refractivity contribution in [2.75, 3.05) is 19.1 Å². The number of anilines is 1. The van der Waals surface area contributed by atoms with E-state index < -0.39 is 6.10 Å². The number of carbonyl (C=O) groups excluding carboxylic acids is 1. The average molecular weight is 438 g/mol. The van der Waals surface area contributed by atoms with Crippen molar-refractivity contribution in [2.45, 2.75) is 26.0 Å². The van der Waals surface area contributed by atoms with Crippen LogP contribution in [0.15, 0.2) is 60.7 Å². The van der Waals surface area contributed by atoms with E-state index in [0.717, 1.165) is 22.4 Å². The van der Waals surface area contributed by atoms with Gasteiger partial charge in [-0.2, -0.15) is 0 Å². The molecule has 2 atom stereocenters. The minimum Gasteiger partial charge on any atom is -0.493 e. The third-order valence-electron chi connectivity index (χ3n) is 5.58. The Morgan fingerprint density at radius 1 is 0.839 bits per heavy atom. The van der Waals surface area contributed by atoms with Crippen molar-refractivity contribution in [3.05, 3.63) is 82.4 Å². The lowest BCUT2D eigenvalue weighted by atomic mass is 9.89. The number of nitrogens with zero attached hydrogens (tertiary/aromatic N) is 1. The van der Waals surface area contributed by atoms with Crippen molar-refractivity contribution >= 4 is 23.2 Å². The zero-order valence-corrected chi connectivity index (χ0v) is 18.6. The number of methoxy groups -OCH3 is 2. The Bertz CT molecular complexity index is 1130. The Hall–Kier alpha value is -3.18. The second kappa shape index (κ2) is 8.52. The minimum atomic E-state index is -0.667. The van der Waals surface area contributed by atoms with Gasteiger partial charge in [-0.3, -0.25) is 9.69 Å². The molecule has 0 saturated carbocycles. The lowest BCUT2D eigenvalue weighted by Crippen LogP contribution is -2.61. The third-order valence-corrected chi connectivity index (χ3v) is 5.98. The molecular weight excluding hydrogens is 414 g/mol. The molecule has 1 heterocycles. The predicted octanol–water partition coefficient (Wildman–Crippen LogP) is 5.51. The molecule has 0 aromatic heterocycles. The molecule has 3 aromatic carbocycles. The number of hydrogen-bond donors (Lipinski definition) is 0. The van der Waals surface area contributed by atoms with Crippen molar-refractivity contribution in [3.63, 3.8) is 0 Å². The molecule has 5 nitrogen and oxygen atoms in total. The average Bonchev–Trinajstić information content (AvgIpc) is 2.78. The Morgan fingerprint density at radius 2 is 1.58 bits per heavy atom. The Kier molecular flexibility index (Phi) is 5.79. The first-order valence-corrected chi connectivity index (χ1v) is 10.4. The van der Waals surface area contributed by atoms with Gasteiger partial charge < -0.3 is 14.2 Å². The molecule has 0 spiro atoms. The fourth-order valence-corrected chi connectivity index (χ4v) is 3.96. The summed E-state index contributed by atoms with van der Waals surface area (Å²) in [5.74, 6) is 1.78. The number of ether oxygens (including phenoxy) is 3. The van der Waals surface area contributed by atoms with Gasteiger partial charge in [0.25, 0.3) is 5.91 Å². The summed E-state index contributed by atoms with van der Waals surface area (Å²) in [6, 6.07) is 18.6. The van der Waals surface area contributed by atoms with E-state index >= 15 is 0 Å². The van der Waals surface area contributed by atoms with Crippen molar-refractivity contribution in [1.29, 1.82) is 0 Å². The van der Waals surface area contributed by atoms with Gasteiger partial charge in [0.1, 0.15) is 11.8 Å². The molecule has 3 aromatic rings. The predicted molar refractivity (Wildman–Crippen MR) is 122 cm³/mol. The number of para-hydroxylation sites is 1. The molecular formula is C25H24ClNO4. The standard InChI is InChI=1S/C25H24ClNO4/c1-15-9-11-18(14-19(15)26)27-23(17-10-12-21(29-3)22(13-17)30-4)24(25(27)28)31-20-8-6-5-7-16(20)2/h5-14,23-24H,1-4H3/t23-,24+/m0/s1. The van der Waals surface area contributed by atoms with Crippen LogP contribution in [-0.2, 0) is 4.79 Å². The quantitative estimate of drug-likeness (QED) is 0.477. The highest BCUT2D eigenvalue weighted by Crippen LogP contribution is 2.44. The van der Waals surface area contributed by atoms with Gasteiger partial charge in [-0.25, -0.2) is 0 Å². The van der Waals surface area contributed by atoms with Crippen LogP contribution in [0.1, 0.15) is 22.7 Å². The fourth-order valence-electron chi connectivity index (χ4n) is 3.78. The lowest BCUT2D eigenvalue weighted by molar-refractivity contribution is -0.135. The molecule has 1 amide bonds. The first kappa shape index (κ1) is 21.1. The summed E-state index contributed by atoms with van der Waals surface area (Å²) >= 11 is 6.35. The number of amides is 1. The number of aryl methyl sites for hydroxylation is 2. The summed E-state index contributed by atoms with van der Waals surface area (Å²) in [6.07, 6.45) is -0.667. The van der Waals surface area contributed by atoms with Crippen LogP contribution in [0.5, 0.6) is 17.2 Å². The minimum absolute atomic E-state index is 0.122. The van der Waals surface area contributed by atoms with Crippen molar-refractivity contribution in [1.82, 2.24) is 0 Å². The first-order valence-electron chi connectivity index (χ1n) is 9.98. The maximum atomic E-state index is 13.2. The number of β-lactam (4-membered cyclic amide) rings is 1. The van der Waals surface area contributed by atoms with Crippen molar-refractivity contribution < 1.29 is 19.0 Å². The maximum Gasteiger partial charge on any atom is 0.271 e. The monoisotopic (exact) mass is 437 g/mol. The normalized spacial score (nSPS) is 17.8. The van der Waals surface area contributed by atoms with Crippen LogP contribution in [0.4, 0.5) is 5.69 Å². The van der Waals surface area contributed by atoms with E-state index in [0.29, 0.717) is 22.3 Å². The van der Waals surface area contributed by atoms with Gasteiger partial charge >= 0.3 is 0 Å². The number of benzene rings is 3. The molecule has 0 aliphatic carbocycles. The van der Waals surface area contributed by atoms with E-state index in [4.69, 9.17) is 25.8 Å². The Labute approximate surface area is 187 Å². The Morgan fingerprint density at radius 3 is 2.26 bits per heavy atom. The molecule has 0 unspecified atom stereocenters. The van der Waals surface area contributed by atoms with E-state index in [1.807, 2.05) is 74.5 Å². The van der Waals surface area contributed by atoms with E-state index in [1.54, 1.807) is 19.1 Å².